The Morgan fingerprint density at radius 2 is 1.61 bits per heavy atom. The molecular weight excluding hydrogens is 284 g/mol. The van der Waals surface area contributed by atoms with Crippen LogP contribution in [0.15, 0.2) is 72.8 Å². The van der Waals surface area contributed by atoms with Crippen molar-refractivity contribution in [2.45, 2.75) is 0 Å². The van der Waals surface area contributed by atoms with Crippen LogP contribution in [0.2, 0.25) is 0 Å². The first kappa shape index (κ1) is 15.1. The number of para-hydroxylation sites is 1. The molecule has 0 saturated carbocycles. The Labute approximate surface area is 136 Å². The van der Waals surface area contributed by atoms with E-state index in [2.05, 4.69) is 22.3 Å². The molecule has 0 heterocycles. The number of carbonyl (C=O) groups is 1. The van der Waals surface area contributed by atoms with E-state index in [1.807, 2.05) is 67.7 Å². The average Bonchev–Trinajstić information content (AvgIpc) is 2.61. The largest absolute Gasteiger partial charge is 0.373 e. The van der Waals surface area contributed by atoms with Gasteiger partial charge in [-0.2, -0.15) is 0 Å². The first-order valence-electron chi connectivity index (χ1n) is 7.78. The molecule has 0 radical (unpaired) electrons. The van der Waals surface area contributed by atoms with Crippen molar-refractivity contribution in [3.63, 3.8) is 0 Å². The van der Waals surface area contributed by atoms with E-state index in [0.29, 0.717) is 6.54 Å². The second-order valence-corrected chi connectivity index (χ2v) is 5.54. The van der Waals surface area contributed by atoms with Gasteiger partial charge in [0, 0.05) is 31.4 Å². The minimum absolute atomic E-state index is 0.0248. The molecule has 0 spiro atoms. The van der Waals surface area contributed by atoms with Crippen molar-refractivity contribution in [1.29, 1.82) is 0 Å². The van der Waals surface area contributed by atoms with Crippen LogP contribution in [0.5, 0.6) is 0 Å². The van der Waals surface area contributed by atoms with E-state index in [4.69, 9.17) is 0 Å². The van der Waals surface area contributed by atoms with Gasteiger partial charge in [0.25, 0.3) is 5.91 Å². The summed E-state index contributed by atoms with van der Waals surface area (Å²) in [7, 11) is 2.03. The van der Waals surface area contributed by atoms with Crippen molar-refractivity contribution in [3.8, 4) is 0 Å². The van der Waals surface area contributed by atoms with E-state index >= 15 is 0 Å². The number of benzene rings is 3. The Kier molecular flexibility index (Phi) is 4.57. The maximum Gasteiger partial charge on any atom is 0.251 e. The highest BCUT2D eigenvalue weighted by Gasteiger charge is 2.09. The third kappa shape index (κ3) is 3.51. The molecule has 3 aromatic carbocycles. The van der Waals surface area contributed by atoms with Crippen LogP contribution in [0.1, 0.15) is 10.4 Å². The average molecular weight is 304 g/mol. The van der Waals surface area contributed by atoms with E-state index in [0.717, 1.165) is 28.6 Å². The highest BCUT2D eigenvalue weighted by molar-refractivity contribution is 6.06. The number of amides is 1. The molecule has 0 atom stereocenters. The Hall–Kier alpha value is -2.81. The second-order valence-electron chi connectivity index (χ2n) is 5.54. The minimum Gasteiger partial charge on any atom is -0.373 e. The summed E-state index contributed by atoms with van der Waals surface area (Å²) in [5.41, 5.74) is 1.87. The second kappa shape index (κ2) is 6.97. The monoisotopic (exact) mass is 304 g/mol. The van der Waals surface area contributed by atoms with Gasteiger partial charge in [0.1, 0.15) is 0 Å². The van der Waals surface area contributed by atoms with Gasteiger partial charge in [-0.3, -0.25) is 4.79 Å². The van der Waals surface area contributed by atoms with Gasteiger partial charge >= 0.3 is 0 Å². The van der Waals surface area contributed by atoms with Crippen molar-refractivity contribution in [2.75, 3.05) is 25.0 Å². The number of rotatable bonds is 5. The molecule has 0 fully saturated rings. The summed E-state index contributed by atoms with van der Waals surface area (Å²) in [5.74, 6) is -0.0248. The van der Waals surface area contributed by atoms with Gasteiger partial charge in [0.2, 0.25) is 0 Å². The van der Waals surface area contributed by atoms with E-state index in [9.17, 15) is 4.79 Å². The van der Waals surface area contributed by atoms with Gasteiger partial charge in [-0.05, 0) is 29.0 Å². The Morgan fingerprint density at radius 1 is 0.913 bits per heavy atom. The van der Waals surface area contributed by atoms with Crippen LogP contribution in [0.3, 0.4) is 0 Å². The van der Waals surface area contributed by atoms with Crippen molar-refractivity contribution >= 4 is 22.4 Å². The summed E-state index contributed by atoms with van der Waals surface area (Å²) < 4.78 is 0. The number of hydrogen-bond donors (Lipinski definition) is 1. The molecule has 0 saturated heterocycles. The predicted octanol–water partition coefficient (Wildman–Crippen LogP) is 3.71. The minimum atomic E-state index is -0.0248. The molecular formula is C20H20N2O. The molecule has 0 aliphatic rings. The molecule has 116 valence electrons. The lowest BCUT2D eigenvalue weighted by molar-refractivity contribution is 0.0956. The number of nitrogens with zero attached hydrogens (tertiary/aromatic N) is 1. The number of carbonyl (C=O) groups excluding carboxylic acids is 1. The highest BCUT2D eigenvalue weighted by Crippen LogP contribution is 2.18. The fourth-order valence-electron chi connectivity index (χ4n) is 2.67. The zero-order valence-corrected chi connectivity index (χ0v) is 13.2. The summed E-state index contributed by atoms with van der Waals surface area (Å²) >= 11 is 0. The highest BCUT2D eigenvalue weighted by atomic mass is 16.1. The molecule has 23 heavy (non-hydrogen) atoms. The SMILES string of the molecule is CN(CCNC(=O)c1cccc2ccccc12)c1ccccc1. The zero-order chi connectivity index (χ0) is 16.1. The van der Waals surface area contributed by atoms with E-state index < -0.39 is 0 Å². The van der Waals surface area contributed by atoms with Gasteiger partial charge in [-0.1, -0.05) is 54.6 Å². The molecule has 0 aliphatic carbocycles. The third-order valence-corrected chi connectivity index (χ3v) is 3.96. The number of fused-ring (bicyclic) bond motifs is 1. The van der Waals surface area contributed by atoms with Crippen LogP contribution in [0.25, 0.3) is 10.8 Å². The quantitative estimate of drug-likeness (QED) is 0.779. The van der Waals surface area contributed by atoms with E-state index in [-0.39, 0.29) is 5.91 Å². The van der Waals surface area contributed by atoms with Crippen LogP contribution < -0.4 is 10.2 Å². The summed E-state index contributed by atoms with van der Waals surface area (Å²) in [6, 6.07) is 23.9. The topological polar surface area (TPSA) is 32.3 Å². The number of likely N-dealkylation sites (N-methyl/N-ethyl adjacent to an activating group) is 1. The summed E-state index contributed by atoms with van der Waals surface area (Å²) in [5, 5.41) is 5.09. The van der Waals surface area contributed by atoms with Gasteiger partial charge < -0.3 is 10.2 Å². The number of anilines is 1. The lowest BCUT2D eigenvalue weighted by Gasteiger charge is -2.19. The zero-order valence-electron chi connectivity index (χ0n) is 13.2. The van der Waals surface area contributed by atoms with Crippen LogP contribution in [-0.2, 0) is 0 Å². The Balaban J connectivity index is 1.63. The first-order chi connectivity index (χ1) is 11.3. The van der Waals surface area contributed by atoms with E-state index in [1.165, 1.54) is 0 Å². The molecule has 0 bridgehead atoms. The summed E-state index contributed by atoms with van der Waals surface area (Å²) in [6.07, 6.45) is 0. The van der Waals surface area contributed by atoms with Crippen LogP contribution in [0, 0.1) is 0 Å². The van der Waals surface area contributed by atoms with Gasteiger partial charge in [-0.15, -0.1) is 0 Å². The van der Waals surface area contributed by atoms with Crippen molar-refractivity contribution in [1.82, 2.24) is 5.32 Å². The standard InChI is InChI=1S/C20H20N2O/c1-22(17-10-3-2-4-11-17)15-14-21-20(23)19-13-7-9-16-8-5-6-12-18(16)19/h2-13H,14-15H2,1H3,(H,21,23). The van der Waals surface area contributed by atoms with Crippen molar-refractivity contribution in [3.05, 3.63) is 78.4 Å². The van der Waals surface area contributed by atoms with Gasteiger partial charge in [0.05, 0.1) is 0 Å². The van der Waals surface area contributed by atoms with Gasteiger partial charge in [0.15, 0.2) is 0 Å². The fraction of sp³-hybridized carbons (Fsp3) is 0.150. The molecule has 0 aliphatic heterocycles. The fourth-order valence-corrected chi connectivity index (χ4v) is 2.67. The maximum absolute atomic E-state index is 12.4. The van der Waals surface area contributed by atoms with Crippen LogP contribution in [0.4, 0.5) is 5.69 Å². The summed E-state index contributed by atoms with van der Waals surface area (Å²) in [4.78, 5) is 14.6. The molecule has 3 nitrogen and oxygen atoms in total. The predicted molar refractivity (Wildman–Crippen MR) is 96.0 cm³/mol. The third-order valence-electron chi connectivity index (χ3n) is 3.96. The van der Waals surface area contributed by atoms with E-state index in [1.54, 1.807) is 0 Å². The molecule has 1 amide bonds. The normalized spacial score (nSPS) is 10.5. The number of hydrogen-bond acceptors (Lipinski definition) is 2. The first-order valence-corrected chi connectivity index (χ1v) is 7.78. The van der Waals surface area contributed by atoms with Crippen molar-refractivity contribution < 1.29 is 4.79 Å². The molecule has 3 rings (SSSR count). The van der Waals surface area contributed by atoms with Gasteiger partial charge in [-0.25, -0.2) is 0 Å². The lowest BCUT2D eigenvalue weighted by atomic mass is 10.0. The smallest absolute Gasteiger partial charge is 0.251 e. The molecule has 0 unspecified atom stereocenters. The molecule has 0 aromatic heterocycles. The number of nitrogens with one attached hydrogen (secondary N) is 1. The lowest BCUT2D eigenvalue weighted by Crippen LogP contribution is -2.33. The summed E-state index contributed by atoms with van der Waals surface area (Å²) in [6.45, 7) is 1.37. The molecule has 3 aromatic rings. The van der Waals surface area contributed by atoms with Crippen molar-refractivity contribution in [2.24, 2.45) is 0 Å². The Bertz CT molecular complexity index is 794. The van der Waals surface area contributed by atoms with Crippen LogP contribution in [-0.4, -0.2) is 26.0 Å². The van der Waals surface area contributed by atoms with Crippen LogP contribution >= 0.6 is 0 Å². The maximum atomic E-state index is 12.4. The molecule has 3 heteroatoms. The Morgan fingerprint density at radius 3 is 2.43 bits per heavy atom. The molecule has 1 N–H and O–H groups in total.